The third kappa shape index (κ3) is 3.13. The molecule has 2 heterocycles. The van der Waals surface area contributed by atoms with Gasteiger partial charge in [0.05, 0.1) is 26.5 Å². The summed E-state index contributed by atoms with van der Waals surface area (Å²) in [4.78, 5) is 0. The van der Waals surface area contributed by atoms with Crippen LogP contribution in [0.3, 0.4) is 0 Å². The van der Waals surface area contributed by atoms with E-state index in [0.717, 1.165) is 18.8 Å². The van der Waals surface area contributed by atoms with Gasteiger partial charge in [0, 0.05) is 18.6 Å². The fourth-order valence-electron chi connectivity index (χ4n) is 2.73. The summed E-state index contributed by atoms with van der Waals surface area (Å²) in [5, 5.41) is 18.6. The van der Waals surface area contributed by atoms with Crippen molar-refractivity contribution in [2.24, 2.45) is 0 Å². The molecule has 1 fully saturated rings. The number of rotatable bonds is 5. The lowest BCUT2D eigenvalue weighted by Gasteiger charge is -2.32. The van der Waals surface area contributed by atoms with Gasteiger partial charge >= 0.3 is 0 Å². The normalized spacial score (nSPS) is 22.8. The second-order valence-electron chi connectivity index (χ2n) is 5.80. The molecule has 2 atom stereocenters. The monoisotopic (exact) mass is 283 g/mol. The van der Waals surface area contributed by atoms with Gasteiger partial charge in [-0.1, -0.05) is 0 Å². The lowest BCUT2D eigenvalue weighted by Crippen LogP contribution is -2.45. The molecule has 20 heavy (non-hydrogen) atoms. The molecule has 0 saturated carbocycles. The highest BCUT2D eigenvalue weighted by Gasteiger charge is 2.35. The maximum absolute atomic E-state index is 10.9. The second kappa shape index (κ2) is 6.11. The van der Waals surface area contributed by atoms with Crippen LogP contribution >= 0.6 is 0 Å². The molecule has 6 heteroatoms. The summed E-state index contributed by atoms with van der Waals surface area (Å²) < 4.78 is 12.6. The first-order valence-corrected chi connectivity index (χ1v) is 7.11. The van der Waals surface area contributed by atoms with Crippen LogP contribution in [-0.2, 0) is 10.3 Å². The van der Waals surface area contributed by atoms with Crippen LogP contribution in [0.1, 0.15) is 38.9 Å². The van der Waals surface area contributed by atoms with Crippen LogP contribution in [0.15, 0.2) is 6.20 Å². The largest absolute Gasteiger partial charge is 0.493 e. The highest BCUT2D eigenvalue weighted by Crippen LogP contribution is 2.35. The Morgan fingerprint density at radius 1 is 1.65 bits per heavy atom. The summed E-state index contributed by atoms with van der Waals surface area (Å²) in [6.07, 6.45) is 2.22. The van der Waals surface area contributed by atoms with E-state index in [2.05, 4.69) is 10.4 Å². The van der Waals surface area contributed by atoms with E-state index in [1.165, 1.54) is 0 Å². The van der Waals surface area contributed by atoms with Crippen LogP contribution in [0, 0.1) is 0 Å². The van der Waals surface area contributed by atoms with E-state index < -0.39 is 5.60 Å². The van der Waals surface area contributed by atoms with Gasteiger partial charge in [-0.15, -0.1) is 0 Å². The molecular formula is C14H25N3O3. The molecule has 2 rings (SSSR count). The van der Waals surface area contributed by atoms with Gasteiger partial charge in [-0.25, -0.2) is 0 Å². The number of nitrogens with one attached hydrogen (secondary N) is 1. The SMILES string of the molecule is COc1cnn(C(C)C)c1C(C)(O)CC1COCCN1. The molecule has 114 valence electrons. The van der Waals surface area contributed by atoms with Gasteiger partial charge in [0.25, 0.3) is 0 Å². The molecule has 2 N–H and O–H groups in total. The van der Waals surface area contributed by atoms with Gasteiger partial charge in [0.15, 0.2) is 5.75 Å². The van der Waals surface area contributed by atoms with Crippen LogP contribution in [0.4, 0.5) is 0 Å². The molecule has 0 aliphatic carbocycles. The van der Waals surface area contributed by atoms with Crippen molar-refractivity contribution in [2.45, 2.75) is 44.9 Å². The molecule has 2 unspecified atom stereocenters. The third-order valence-electron chi connectivity index (χ3n) is 3.62. The summed E-state index contributed by atoms with van der Waals surface area (Å²) in [6, 6.07) is 0.301. The quantitative estimate of drug-likeness (QED) is 0.845. The maximum atomic E-state index is 10.9. The number of methoxy groups -OCH3 is 1. The summed E-state index contributed by atoms with van der Waals surface area (Å²) in [5.74, 6) is 0.625. The smallest absolute Gasteiger partial charge is 0.162 e. The summed E-state index contributed by atoms with van der Waals surface area (Å²) >= 11 is 0. The summed E-state index contributed by atoms with van der Waals surface area (Å²) in [6.45, 7) is 8.05. The summed E-state index contributed by atoms with van der Waals surface area (Å²) in [7, 11) is 1.60. The van der Waals surface area contributed by atoms with Crippen LogP contribution in [-0.4, -0.2) is 47.8 Å². The molecule has 1 aliphatic rings. The number of ether oxygens (including phenoxy) is 2. The Balaban J connectivity index is 2.24. The van der Waals surface area contributed by atoms with Crippen molar-refractivity contribution >= 4 is 0 Å². The van der Waals surface area contributed by atoms with Crippen molar-refractivity contribution in [3.63, 3.8) is 0 Å². The van der Waals surface area contributed by atoms with E-state index in [-0.39, 0.29) is 12.1 Å². The minimum atomic E-state index is -1.02. The van der Waals surface area contributed by atoms with Crippen LogP contribution < -0.4 is 10.1 Å². The average molecular weight is 283 g/mol. The van der Waals surface area contributed by atoms with Crippen molar-refractivity contribution in [3.8, 4) is 5.75 Å². The van der Waals surface area contributed by atoms with Crippen molar-refractivity contribution in [3.05, 3.63) is 11.9 Å². The first-order valence-electron chi connectivity index (χ1n) is 7.11. The highest BCUT2D eigenvalue weighted by atomic mass is 16.5. The lowest BCUT2D eigenvalue weighted by molar-refractivity contribution is -0.00444. The van der Waals surface area contributed by atoms with E-state index in [0.29, 0.717) is 18.8 Å². The highest BCUT2D eigenvalue weighted by molar-refractivity contribution is 5.31. The lowest BCUT2D eigenvalue weighted by atomic mass is 9.92. The Labute approximate surface area is 120 Å². The van der Waals surface area contributed by atoms with Gasteiger partial charge in [-0.3, -0.25) is 4.68 Å². The number of aliphatic hydroxyl groups is 1. The maximum Gasteiger partial charge on any atom is 0.162 e. The first kappa shape index (κ1) is 15.3. The van der Waals surface area contributed by atoms with Gasteiger partial charge in [-0.05, 0) is 27.2 Å². The first-order chi connectivity index (χ1) is 9.45. The summed E-state index contributed by atoms with van der Waals surface area (Å²) in [5.41, 5.74) is -0.299. The number of hydrogen-bond acceptors (Lipinski definition) is 5. The van der Waals surface area contributed by atoms with E-state index in [1.807, 2.05) is 25.5 Å². The topological polar surface area (TPSA) is 68.5 Å². The molecule has 0 radical (unpaired) electrons. The molecular weight excluding hydrogens is 258 g/mol. The molecule has 1 aromatic heterocycles. The molecule has 1 aliphatic heterocycles. The van der Waals surface area contributed by atoms with Gasteiger partial charge in [0.2, 0.25) is 0 Å². The fraction of sp³-hybridized carbons (Fsp3) is 0.786. The van der Waals surface area contributed by atoms with Crippen LogP contribution in [0.25, 0.3) is 0 Å². The molecule has 1 aromatic rings. The Morgan fingerprint density at radius 3 is 2.95 bits per heavy atom. The van der Waals surface area contributed by atoms with Crippen molar-refractivity contribution in [2.75, 3.05) is 26.9 Å². The van der Waals surface area contributed by atoms with Gasteiger partial charge in [-0.2, -0.15) is 5.10 Å². The minimum Gasteiger partial charge on any atom is -0.493 e. The van der Waals surface area contributed by atoms with E-state index in [4.69, 9.17) is 9.47 Å². The molecule has 0 amide bonds. The van der Waals surface area contributed by atoms with Crippen LogP contribution in [0.2, 0.25) is 0 Å². The zero-order valence-electron chi connectivity index (χ0n) is 12.7. The standard InChI is InChI=1S/C14H25N3O3/c1-10(2)17-13(12(19-4)8-16-17)14(3,18)7-11-9-20-6-5-15-11/h8,10-11,15,18H,5-7,9H2,1-4H3. The zero-order chi connectivity index (χ0) is 14.8. The number of nitrogens with zero attached hydrogens (tertiary/aromatic N) is 2. The Morgan fingerprint density at radius 2 is 2.40 bits per heavy atom. The molecule has 0 spiro atoms. The Bertz CT molecular complexity index is 437. The number of hydrogen-bond donors (Lipinski definition) is 2. The number of morpholine rings is 1. The second-order valence-corrected chi connectivity index (χ2v) is 5.80. The van der Waals surface area contributed by atoms with Crippen molar-refractivity contribution in [1.82, 2.24) is 15.1 Å². The Kier molecular flexibility index (Phi) is 4.67. The van der Waals surface area contributed by atoms with E-state index in [9.17, 15) is 5.11 Å². The predicted molar refractivity (Wildman–Crippen MR) is 76.0 cm³/mol. The molecule has 0 aromatic carbocycles. The number of aromatic nitrogens is 2. The third-order valence-corrected chi connectivity index (χ3v) is 3.62. The molecule has 1 saturated heterocycles. The fourth-order valence-corrected chi connectivity index (χ4v) is 2.73. The molecule has 6 nitrogen and oxygen atoms in total. The Hall–Kier alpha value is -1.11. The van der Waals surface area contributed by atoms with Gasteiger partial charge in [0.1, 0.15) is 11.3 Å². The van der Waals surface area contributed by atoms with E-state index >= 15 is 0 Å². The van der Waals surface area contributed by atoms with Gasteiger partial charge < -0.3 is 19.9 Å². The molecule has 0 bridgehead atoms. The van der Waals surface area contributed by atoms with E-state index in [1.54, 1.807) is 13.3 Å². The van der Waals surface area contributed by atoms with Crippen molar-refractivity contribution < 1.29 is 14.6 Å². The average Bonchev–Trinajstić information content (AvgIpc) is 2.84. The predicted octanol–water partition coefficient (Wildman–Crippen LogP) is 1.06. The minimum absolute atomic E-state index is 0.138. The van der Waals surface area contributed by atoms with Crippen LogP contribution in [0.5, 0.6) is 5.75 Å². The van der Waals surface area contributed by atoms with Crippen molar-refractivity contribution in [1.29, 1.82) is 0 Å². The zero-order valence-corrected chi connectivity index (χ0v) is 12.7.